The number of benzene rings is 2. The van der Waals surface area contributed by atoms with Gasteiger partial charge in [-0.3, -0.25) is 0 Å². The van der Waals surface area contributed by atoms with Gasteiger partial charge in [0.1, 0.15) is 11.9 Å². The van der Waals surface area contributed by atoms with E-state index in [1.54, 1.807) is 30.8 Å². The highest BCUT2D eigenvalue weighted by Gasteiger charge is 2.11. The van der Waals surface area contributed by atoms with Crippen molar-refractivity contribution in [3.8, 4) is 0 Å². The molecule has 2 aromatic carbocycles. The second kappa shape index (κ2) is 5.55. The SMILES string of the molecule is CSc1ccc(C(O)c2ccc(C)c(F)c2)cc1. The van der Waals surface area contributed by atoms with E-state index < -0.39 is 6.10 Å². The molecule has 0 spiro atoms. The molecule has 2 rings (SSSR count). The van der Waals surface area contributed by atoms with Crippen LogP contribution >= 0.6 is 11.8 Å². The van der Waals surface area contributed by atoms with E-state index in [0.717, 1.165) is 10.5 Å². The Bertz CT molecular complexity index is 537. The summed E-state index contributed by atoms with van der Waals surface area (Å²) in [5.74, 6) is -0.285. The van der Waals surface area contributed by atoms with Crippen molar-refractivity contribution < 1.29 is 9.50 Å². The van der Waals surface area contributed by atoms with E-state index in [1.807, 2.05) is 30.5 Å². The van der Waals surface area contributed by atoms with E-state index in [1.165, 1.54) is 6.07 Å². The number of halogens is 1. The fourth-order valence-electron chi connectivity index (χ4n) is 1.76. The number of aliphatic hydroxyl groups excluding tert-OH is 1. The van der Waals surface area contributed by atoms with E-state index in [9.17, 15) is 9.50 Å². The molecule has 0 heterocycles. The topological polar surface area (TPSA) is 20.2 Å². The Morgan fingerprint density at radius 1 is 1.06 bits per heavy atom. The monoisotopic (exact) mass is 262 g/mol. The van der Waals surface area contributed by atoms with Crippen LogP contribution in [-0.4, -0.2) is 11.4 Å². The molecule has 0 fully saturated rings. The van der Waals surface area contributed by atoms with E-state index in [0.29, 0.717) is 11.1 Å². The number of thioether (sulfide) groups is 1. The summed E-state index contributed by atoms with van der Waals surface area (Å²) in [4.78, 5) is 1.14. The highest BCUT2D eigenvalue weighted by molar-refractivity contribution is 7.98. The van der Waals surface area contributed by atoms with E-state index >= 15 is 0 Å². The first kappa shape index (κ1) is 13.1. The van der Waals surface area contributed by atoms with Gasteiger partial charge in [0.2, 0.25) is 0 Å². The smallest absolute Gasteiger partial charge is 0.126 e. The first-order chi connectivity index (χ1) is 8.61. The maximum absolute atomic E-state index is 13.5. The largest absolute Gasteiger partial charge is 0.384 e. The predicted molar refractivity (Wildman–Crippen MR) is 73.4 cm³/mol. The lowest BCUT2D eigenvalue weighted by molar-refractivity contribution is 0.219. The van der Waals surface area contributed by atoms with Crippen molar-refractivity contribution in [1.82, 2.24) is 0 Å². The van der Waals surface area contributed by atoms with Crippen LogP contribution in [0.1, 0.15) is 22.8 Å². The molecule has 0 aliphatic rings. The van der Waals surface area contributed by atoms with Gasteiger partial charge in [0, 0.05) is 4.90 Å². The van der Waals surface area contributed by atoms with Crippen LogP contribution < -0.4 is 0 Å². The maximum atomic E-state index is 13.5. The molecule has 0 aliphatic carbocycles. The minimum Gasteiger partial charge on any atom is -0.384 e. The van der Waals surface area contributed by atoms with E-state index in [2.05, 4.69) is 0 Å². The average molecular weight is 262 g/mol. The molecular weight excluding hydrogens is 247 g/mol. The van der Waals surface area contributed by atoms with E-state index in [-0.39, 0.29) is 5.82 Å². The number of hydrogen-bond donors (Lipinski definition) is 1. The number of hydrogen-bond acceptors (Lipinski definition) is 2. The van der Waals surface area contributed by atoms with Crippen LogP contribution in [0.2, 0.25) is 0 Å². The first-order valence-corrected chi connectivity index (χ1v) is 6.92. The molecule has 2 aromatic rings. The number of aryl methyl sites for hydroxylation is 1. The van der Waals surface area contributed by atoms with Gasteiger partial charge < -0.3 is 5.11 Å². The van der Waals surface area contributed by atoms with E-state index in [4.69, 9.17) is 0 Å². The van der Waals surface area contributed by atoms with Crippen molar-refractivity contribution in [3.05, 3.63) is 65.0 Å². The summed E-state index contributed by atoms with van der Waals surface area (Å²) in [7, 11) is 0. The Kier molecular flexibility index (Phi) is 4.04. The average Bonchev–Trinajstić information content (AvgIpc) is 2.41. The van der Waals surface area contributed by atoms with Crippen molar-refractivity contribution in [1.29, 1.82) is 0 Å². The van der Waals surface area contributed by atoms with Gasteiger partial charge in [-0.25, -0.2) is 4.39 Å². The van der Waals surface area contributed by atoms with Gasteiger partial charge in [0.05, 0.1) is 0 Å². The molecule has 0 saturated carbocycles. The number of rotatable bonds is 3. The van der Waals surface area contributed by atoms with Crippen molar-refractivity contribution in [3.63, 3.8) is 0 Å². The molecular formula is C15H15FOS. The van der Waals surface area contributed by atoms with Crippen LogP contribution in [0.15, 0.2) is 47.4 Å². The third-order valence-corrected chi connectivity index (χ3v) is 3.69. The van der Waals surface area contributed by atoms with Gasteiger partial charge in [0.15, 0.2) is 0 Å². The third kappa shape index (κ3) is 2.74. The number of aliphatic hydroxyl groups is 1. The zero-order valence-corrected chi connectivity index (χ0v) is 11.2. The molecule has 18 heavy (non-hydrogen) atoms. The van der Waals surface area contributed by atoms with Crippen LogP contribution in [0, 0.1) is 12.7 Å². The highest BCUT2D eigenvalue weighted by atomic mass is 32.2. The maximum Gasteiger partial charge on any atom is 0.126 e. The lowest BCUT2D eigenvalue weighted by Gasteiger charge is -2.12. The fourth-order valence-corrected chi connectivity index (χ4v) is 2.17. The summed E-state index contributed by atoms with van der Waals surface area (Å²) in [6.45, 7) is 1.71. The van der Waals surface area contributed by atoms with Gasteiger partial charge in [0.25, 0.3) is 0 Å². The Hall–Kier alpha value is -1.32. The van der Waals surface area contributed by atoms with Crippen LogP contribution in [0.25, 0.3) is 0 Å². The summed E-state index contributed by atoms with van der Waals surface area (Å²) in [5, 5.41) is 10.2. The van der Waals surface area contributed by atoms with Gasteiger partial charge in [-0.1, -0.05) is 24.3 Å². The molecule has 3 heteroatoms. The molecule has 0 aromatic heterocycles. The van der Waals surface area contributed by atoms with Crippen molar-refractivity contribution >= 4 is 11.8 Å². The Morgan fingerprint density at radius 2 is 1.67 bits per heavy atom. The Morgan fingerprint density at radius 3 is 2.22 bits per heavy atom. The standard InChI is InChI=1S/C15H15FOS/c1-10-3-4-12(9-14(10)16)15(17)11-5-7-13(18-2)8-6-11/h3-9,15,17H,1-2H3. The Labute approximate surface area is 111 Å². The summed E-state index contributed by atoms with van der Waals surface area (Å²) in [5.41, 5.74) is 1.94. The normalized spacial score (nSPS) is 12.4. The zero-order valence-electron chi connectivity index (χ0n) is 10.4. The third-order valence-electron chi connectivity index (χ3n) is 2.94. The van der Waals surface area contributed by atoms with Gasteiger partial charge in [-0.05, 0) is 48.1 Å². The Balaban J connectivity index is 2.28. The minimum atomic E-state index is -0.781. The lowest BCUT2D eigenvalue weighted by Crippen LogP contribution is -2.00. The molecule has 0 bridgehead atoms. The minimum absolute atomic E-state index is 0.285. The van der Waals surface area contributed by atoms with Gasteiger partial charge in [-0.2, -0.15) is 0 Å². The summed E-state index contributed by atoms with van der Waals surface area (Å²) < 4.78 is 13.5. The summed E-state index contributed by atoms with van der Waals surface area (Å²) in [6, 6.07) is 12.5. The quantitative estimate of drug-likeness (QED) is 0.845. The molecule has 0 amide bonds. The van der Waals surface area contributed by atoms with Crippen molar-refractivity contribution in [2.75, 3.05) is 6.26 Å². The molecule has 1 unspecified atom stereocenters. The molecule has 0 saturated heterocycles. The summed E-state index contributed by atoms with van der Waals surface area (Å²) in [6.07, 6.45) is 1.22. The molecule has 1 atom stereocenters. The second-order valence-electron chi connectivity index (χ2n) is 4.18. The van der Waals surface area contributed by atoms with Crippen LogP contribution in [0.5, 0.6) is 0 Å². The van der Waals surface area contributed by atoms with Crippen molar-refractivity contribution in [2.24, 2.45) is 0 Å². The lowest BCUT2D eigenvalue weighted by atomic mass is 10.0. The molecule has 1 N–H and O–H groups in total. The van der Waals surface area contributed by atoms with Crippen LogP contribution in [0.4, 0.5) is 4.39 Å². The first-order valence-electron chi connectivity index (χ1n) is 5.70. The molecule has 94 valence electrons. The summed E-state index contributed by atoms with van der Waals surface area (Å²) >= 11 is 1.65. The zero-order chi connectivity index (χ0) is 13.1. The second-order valence-corrected chi connectivity index (χ2v) is 5.06. The van der Waals surface area contributed by atoms with Gasteiger partial charge in [-0.15, -0.1) is 11.8 Å². The molecule has 1 nitrogen and oxygen atoms in total. The van der Waals surface area contributed by atoms with Crippen LogP contribution in [-0.2, 0) is 0 Å². The molecule has 0 aliphatic heterocycles. The van der Waals surface area contributed by atoms with Crippen LogP contribution in [0.3, 0.4) is 0 Å². The fraction of sp³-hybridized carbons (Fsp3) is 0.200. The van der Waals surface area contributed by atoms with Gasteiger partial charge >= 0.3 is 0 Å². The predicted octanol–water partition coefficient (Wildman–Crippen LogP) is 3.94. The molecule has 0 radical (unpaired) electrons. The highest BCUT2D eigenvalue weighted by Crippen LogP contribution is 2.25. The van der Waals surface area contributed by atoms with Crippen molar-refractivity contribution in [2.45, 2.75) is 17.9 Å².